The highest BCUT2D eigenvalue weighted by Gasteiger charge is 2.30. The zero-order valence-electron chi connectivity index (χ0n) is 9.23. The third kappa shape index (κ3) is 1.86. The molecule has 1 aliphatic heterocycles. The normalized spacial score (nSPS) is 29.6. The molecule has 3 nitrogen and oxygen atoms in total. The molecule has 2 unspecified atom stereocenters. The van der Waals surface area contributed by atoms with Gasteiger partial charge in [-0.25, -0.2) is 0 Å². The predicted molar refractivity (Wildman–Crippen MR) is 61.4 cm³/mol. The van der Waals surface area contributed by atoms with Gasteiger partial charge in [-0.1, -0.05) is 24.3 Å². The second-order valence-electron chi connectivity index (χ2n) is 4.75. The van der Waals surface area contributed by atoms with Crippen LogP contribution in [0.4, 0.5) is 0 Å². The number of aliphatic hydroxyl groups is 1. The van der Waals surface area contributed by atoms with Crippen LogP contribution in [0, 0.1) is 0 Å². The second kappa shape index (κ2) is 4.17. The molecule has 0 bridgehead atoms. The fraction of sp³-hybridized carbons (Fsp3) is 0.538. The summed E-state index contributed by atoms with van der Waals surface area (Å²) < 4.78 is 5.24. The van der Waals surface area contributed by atoms with Gasteiger partial charge in [-0.05, 0) is 24.0 Å². The number of benzene rings is 1. The summed E-state index contributed by atoms with van der Waals surface area (Å²) in [6, 6.07) is 9.14. The number of aliphatic hydroxyl groups excluding tert-OH is 1. The van der Waals surface area contributed by atoms with Crippen LogP contribution >= 0.6 is 0 Å². The molecule has 3 heteroatoms. The van der Waals surface area contributed by atoms with Crippen molar-refractivity contribution in [3.05, 3.63) is 35.4 Å². The molecule has 1 aliphatic carbocycles. The SMILES string of the molecule is OC1COCC1NC1Cc2ccccc2C1. The molecular weight excluding hydrogens is 202 g/mol. The molecule has 1 saturated heterocycles. The molecule has 2 aliphatic rings. The summed E-state index contributed by atoms with van der Waals surface area (Å²) in [5.41, 5.74) is 2.88. The quantitative estimate of drug-likeness (QED) is 0.761. The Morgan fingerprint density at radius 3 is 2.38 bits per heavy atom. The molecule has 1 fully saturated rings. The number of hydrogen-bond donors (Lipinski definition) is 2. The monoisotopic (exact) mass is 219 g/mol. The second-order valence-corrected chi connectivity index (χ2v) is 4.75. The lowest BCUT2D eigenvalue weighted by molar-refractivity contribution is 0.121. The van der Waals surface area contributed by atoms with Gasteiger partial charge in [0.15, 0.2) is 0 Å². The molecule has 0 spiro atoms. The highest BCUT2D eigenvalue weighted by Crippen LogP contribution is 2.22. The van der Waals surface area contributed by atoms with Crippen molar-refractivity contribution >= 4 is 0 Å². The van der Waals surface area contributed by atoms with Crippen LogP contribution in [0.2, 0.25) is 0 Å². The summed E-state index contributed by atoms with van der Waals surface area (Å²) in [7, 11) is 0. The largest absolute Gasteiger partial charge is 0.389 e. The van der Waals surface area contributed by atoms with Crippen molar-refractivity contribution in [2.75, 3.05) is 13.2 Å². The van der Waals surface area contributed by atoms with Gasteiger partial charge in [0.05, 0.1) is 25.4 Å². The van der Waals surface area contributed by atoms with Crippen LogP contribution in [0.3, 0.4) is 0 Å². The van der Waals surface area contributed by atoms with Crippen LogP contribution in [0.5, 0.6) is 0 Å². The number of nitrogens with one attached hydrogen (secondary N) is 1. The Morgan fingerprint density at radius 1 is 1.12 bits per heavy atom. The van der Waals surface area contributed by atoms with E-state index in [1.165, 1.54) is 11.1 Å². The summed E-state index contributed by atoms with van der Waals surface area (Å²) >= 11 is 0. The molecule has 86 valence electrons. The number of hydrogen-bond acceptors (Lipinski definition) is 3. The first-order chi connectivity index (χ1) is 7.83. The first-order valence-corrected chi connectivity index (χ1v) is 5.91. The average Bonchev–Trinajstić information content (AvgIpc) is 2.85. The molecule has 0 aromatic heterocycles. The summed E-state index contributed by atoms with van der Waals surface area (Å²) in [5, 5.41) is 13.2. The predicted octanol–water partition coefficient (Wildman–Crippen LogP) is 0.503. The van der Waals surface area contributed by atoms with Crippen LogP contribution in [-0.4, -0.2) is 36.5 Å². The molecule has 0 amide bonds. The average molecular weight is 219 g/mol. The highest BCUT2D eigenvalue weighted by atomic mass is 16.5. The Balaban J connectivity index is 1.63. The maximum atomic E-state index is 9.68. The molecule has 1 aromatic rings. The maximum Gasteiger partial charge on any atom is 0.0948 e. The molecule has 16 heavy (non-hydrogen) atoms. The smallest absolute Gasteiger partial charge is 0.0948 e. The van der Waals surface area contributed by atoms with Gasteiger partial charge in [0.2, 0.25) is 0 Å². The van der Waals surface area contributed by atoms with E-state index in [1.54, 1.807) is 0 Å². The summed E-state index contributed by atoms with van der Waals surface area (Å²) in [6.45, 7) is 1.10. The molecule has 0 radical (unpaired) electrons. The lowest BCUT2D eigenvalue weighted by atomic mass is 10.1. The third-order valence-electron chi connectivity index (χ3n) is 3.55. The van der Waals surface area contributed by atoms with E-state index in [2.05, 4.69) is 29.6 Å². The van der Waals surface area contributed by atoms with Gasteiger partial charge < -0.3 is 15.2 Å². The molecule has 3 rings (SSSR count). The van der Waals surface area contributed by atoms with Crippen LogP contribution in [0.25, 0.3) is 0 Å². The van der Waals surface area contributed by atoms with Crippen molar-refractivity contribution in [1.29, 1.82) is 0 Å². The van der Waals surface area contributed by atoms with Gasteiger partial charge in [-0.15, -0.1) is 0 Å². The van der Waals surface area contributed by atoms with Crippen molar-refractivity contribution < 1.29 is 9.84 Å². The third-order valence-corrected chi connectivity index (χ3v) is 3.55. The van der Waals surface area contributed by atoms with Crippen molar-refractivity contribution in [3.8, 4) is 0 Å². The van der Waals surface area contributed by atoms with Gasteiger partial charge >= 0.3 is 0 Å². The Morgan fingerprint density at radius 2 is 1.81 bits per heavy atom. The Kier molecular flexibility index (Phi) is 2.67. The van der Waals surface area contributed by atoms with Gasteiger partial charge in [0.25, 0.3) is 0 Å². The topological polar surface area (TPSA) is 41.5 Å². The zero-order valence-corrected chi connectivity index (χ0v) is 9.23. The van der Waals surface area contributed by atoms with Crippen LogP contribution in [-0.2, 0) is 17.6 Å². The summed E-state index contributed by atoms with van der Waals surface area (Å²) in [5.74, 6) is 0. The highest BCUT2D eigenvalue weighted by molar-refractivity contribution is 5.33. The molecule has 1 heterocycles. The fourth-order valence-corrected chi connectivity index (χ4v) is 2.68. The van der Waals surface area contributed by atoms with Crippen LogP contribution < -0.4 is 5.32 Å². The minimum atomic E-state index is -0.344. The maximum absolute atomic E-state index is 9.68. The van der Waals surface area contributed by atoms with Crippen molar-refractivity contribution in [2.24, 2.45) is 0 Å². The van der Waals surface area contributed by atoms with E-state index < -0.39 is 0 Å². The van der Waals surface area contributed by atoms with Crippen molar-refractivity contribution in [1.82, 2.24) is 5.32 Å². The van der Waals surface area contributed by atoms with Crippen LogP contribution in [0.15, 0.2) is 24.3 Å². The molecule has 2 N–H and O–H groups in total. The lowest BCUT2D eigenvalue weighted by Crippen LogP contribution is -2.45. The fourth-order valence-electron chi connectivity index (χ4n) is 2.68. The van der Waals surface area contributed by atoms with Gasteiger partial charge in [-0.3, -0.25) is 0 Å². The van der Waals surface area contributed by atoms with Crippen molar-refractivity contribution in [3.63, 3.8) is 0 Å². The number of fused-ring (bicyclic) bond motifs is 1. The number of ether oxygens (including phenoxy) is 1. The molecular formula is C13H17NO2. The number of rotatable bonds is 2. The first-order valence-electron chi connectivity index (χ1n) is 5.91. The minimum Gasteiger partial charge on any atom is -0.389 e. The van der Waals surface area contributed by atoms with E-state index in [9.17, 15) is 5.11 Å². The van der Waals surface area contributed by atoms with Gasteiger partial charge in [0.1, 0.15) is 0 Å². The van der Waals surface area contributed by atoms with Gasteiger partial charge in [0, 0.05) is 6.04 Å². The van der Waals surface area contributed by atoms with E-state index in [0.29, 0.717) is 19.3 Å². The summed E-state index contributed by atoms with van der Waals surface area (Å²) in [4.78, 5) is 0. The molecule has 0 saturated carbocycles. The van der Waals surface area contributed by atoms with Gasteiger partial charge in [-0.2, -0.15) is 0 Å². The lowest BCUT2D eigenvalue weighted by Gasteiger charge is -2.19. The van der Waals surface area contributed by atoms with E-state index in [-0.39, 0.29) is 12.1 Å². The first kappa shape index (κ1) is 10.3. The Labute approximate surface area is 95.4 Å². The van der Waals surface area contributed by atoms with E-state index in [1.807, 2.05) is 0 Å². The van der Waals surface area contributed by atoms with E-state index >= 15 is 0 Å². The Bertz CT molecular complexity index is 355. The van der Waals surface area contributed by atoms with E-state index in [0.717, 1.165) is 12.8 Å². The Hall–Kier alpha value is -0.900. The molecule has 1 aromatic carbocycles. The van der Waals surface area contributed by atoms with Crippen molar-refractivity contribution in [2.45, 2.75) is 31.0 Å². The standard InChI is InChI=1S/C13H17NO2/c15-13-8-16-7-12(13)14-11-5-9-3-1-2-4-10(9)6-11/h1-4,11-15H,5-8H2. The summed E-state index contributed by atoms with van der Waals surface area (Å²) in [6.07, 6.45) is 1.79. The zero-order chi connectivity index (χ0) is 11.0. The molecule has 2 atom stereocenters. The van der Waals surface area contributed by atoms with Crippen LogP contribution in [0.1, 0.15) is 11.1 Å². The minimum absolute atomic E-state index is 0.110. The van der Waals surface area contributed by atoms with E-state index in [4.69, 9.17) is 4.74 Å².